The molecule has 1 unspecified atom stereocenters. The van der Waals surface area contributed by atoms with Crippen molar-refractivity contribution in [3.8, 4) is 0 Å². The van der Waals surface area contributed by atoms with Crippen molar-refractivity contribution in [2.75, 3.05) is 11.5 Å². The molecule has 0 aromatic rings. The highest BCUT2D eigenvalue weighted by molar-refractivity contribution is 7.99. The van der Waals surface area contributed by atoms with Gasteiger partial charge in [0.15, 0.2) is 0 Å². The average molecular weight is 190 g/mol. The molecule has 3 nitrogen and oxygen atoms in total. The number of hydrogen-bond donors (Lipinski definition) is 2. The zero-order valence-corrected chi connectivity index (χ0v) is 8.40. The minimum Gasteiger partial charge on any atom is -0.368 e. The molecule has 0 aliphatic rings. The van der Waals surface area contributed by atoms with E-state index in [1.165, 1.54) is 19.3 Å². The van der Waals surface area contributed by atoms with Gasteiger partial charge >= 0.3 is 0 Å². The Labute approximate surface area is 78.3 Å². The summed E-state index contributed by atoms with van der Waals surface area (Å²) in [4.78, 5) is 10.5. The van der Waals surface area contributed by atoms with Gasteiger partial charge < -0.3 is 11.5 Å². The van der Waals surface area contributed by atoms with Gasteiger partial charge in [-0.15, -0.1) is 0 Å². The number of hydrogen-bond acceptors (Lipinski definition) is 3. The molecule has 0 radical (unpaired) electrons. The molecule has 0 aromatic heterocycles. The molecular weight excluding hydrogens is 172 g/mol. The highest BCUT2D eigenvalue weighted by Gasteiger charge is 2.07. The molecule has 0 aliphatic heterocycles. The van der Waals surface area contributed by atoms with Gasteiger partial charge in [0.05, 0.1) is 6.04 Å². The molecule has 4 heteroatoms. The number of rotatable bonds is 7. The number of thioether (sulfide) groups is 1. The van der Waals surface area contributed by atoms with Gasteiger partial charge in [-0.05, 0) is 12.2 Å². The minimum atomic E-state index is -0.475. The Balaban J connectivity index is 3.14. The van der Waals surface area contributed by atoms with Gasteiger partial charge in [-0.25, -0.2) is 0 Å². The van der Waals surface area contributed by atoms with Crippen LogP contribution in [0.2, 0.25) is 0 Å². The van der Waals surface area contributed by atoms with E-state index in [4.69, 9.17) is 11.5 Å². The van der Waals surface area contributed by atoms with Crippen LogP contribution in [0.25, 0.3) is 0 Å². The summed E-state index contributed by atoms with van der Waals surface area (Å²) in [5.74, 6) is 1.33. The standard InChI is InChI=1S/C8H18N2OS/c1-2-3-4-5-12-6-7(9)8(10)11/h7H,2-6,9H2,1H3,(H2,10,11). The third kappa shape index (κ3) is 6.49. The summed E-state index contributed by atoms with van der Waals surface area (Å²) in [6, 6.07) is -0.475. The fourth-order valence-corrected chi connectivity index (χ4v) is 1.74. The van der Waals surface area contributed by atoms with Crippen molar-refractivity contribution < 1.29 is 4.79 Å². The van der Waals surface area contributed by atoms with Crippen LogP contribution in [0.4, 0.5) is 0 Å². The van der Waals surface area contributed by atoms with E-state index in [0.29, 0.717) is 5.75 Å². The van der Waals surface area contributed by atoms with Crippen LogP contribution >= 0.6 is 11.8 Å². The first-order chi connectivity index (χ1) is 5.68. The first-order valence-corrected chi connectivity index (χ1v) is 5.46. The maximum absolute atomic E-state index is 10.5. The first kappa shape index (κ1) is 11.8. The van der Waals surface area contributed by atoms with Crippen molar-refractivity contribution in [2.24, 2.45) is 11.5 Å². The summed E-state index contributed by atoms with van der Waals surface area (Å²) in [7, 11) is 0. The number of primary amides is 1. The molecule has 0 heterocycles. The summed E-state index contributed by atoms with van der Waals surface area (Å²) in [5, 5.41) is 0. The van der Waals surface area contributed by atoms with E-state index in [1.807, 2.05) is 0 Å². The molecule has 0 aliphatic carbocycles. The second kappa shape index (κ2) is 7.43. The summed E-state index contributed by atoms with van der Waals surface area (Å²) >= 11 is 1.70. The third-order valence-corrected chi connectivity index (χ3v) is 2.73. The van der Waals surface area contributed by atoms with E-state index in [-0.39, 0.29) is 0 Å². The SMILES string of the molecule is CCCCCSCC(N)C(N)=O. The number of carbonyl (C=O) groups excluding carboxylic acids is 1. The van der Waals surface area contributed by atoms with Crippen LogP contribution < -0.4 is 11.5 Å². The lowest BCUT2D eigenvalue weighted by molar-refractivity contribution is -0.118. The zero-order valence-electron chi connectivity index (χ0n) is 7.58. The van der Waals surface area contributed by atoms with Gasteiger partial charge in [0, 0.05) is 5.75 Å². The predicted molar refractivity (Wildman–Crippen MR) is 54.0 cm³/mol. The summed E-state index contributed by atoms with van der Waals surface area (Å²) in [6.45, 7) is 2.17. The van der Waals surface area contributed by atoms with Gasteiger partial charge in [-0.1, -0.05) is 19.8 Å². The fourth-order valence-electron chi connectivity index (χ4n) is 0.747. The second-order valence-corrected chi connectivity index (χ2v) is 3.94. The molecule has 0 fully saturated rings. The lowest BCUT2D eigenvalue weighted by Gasteiger charge is -2.05. The molecule has 0 rings (SSSR count). The molecule has 12 heavy (non-hydrogen) atoms. The van der Waals surface area contributed by atoms with E-state index >= 15 is 0 Å². The van der Waals surface area contributed by atoms with Crippen LogP contribution in [0.1, 0.15) is 26.2 Å². The van der Waals surface area contributed by atoms with Crippen molar-refractivity contribution in [3.63, 3.8) is 0 Å². The lowest BCUT2D eigenvalue weighted by Crippen LogP contribution is -2.38. The normalized spacial score (nSPS) is 12.8. The van der Waals surface area contributed by atoms with E-state index in [9.17, 15) is 4.79 Å². The van der Waals surface area contributed by atoms with Gasteiger partial charge in [0.1, 0.15) is 0 Å². The Bertz CT molecular complexity index is 130. The van der Waals surface area contributed by atoms with Gasteiger partial charge in [0.2, 0.25) is 5.91 Å². The van der Waals surface area contributed by atoms with Crippen LogP contribution in [-0.4, -0.2) is 23.5 Å². The monoisotopic (exact) mass is 190 g/mol. The molecule has 0 bridgehead atoms. The Kier molecular flexibility index (Phi) is 7.29. The Hall–Kier alpha value is -0.220. The van der Waals surface area contributed by atoms with E-state index in [0.717, 1.165) is 5.75 Å². The van der Waals surface area contributed by atoms with E-state index < -0.39 is 11.9 Å². The minimum absolute atomic E-state index is 0.405. The van der Waals surface area contributed by atoms with Crippen molar-refractivity contribution in [2.45, 2.75) is 32.2 Å². The Morgan fingerprint density at radius 1 is 1.50 bits per heavy atom. The smallest absolute Gasteiger partial charge is 0.235 e. The summed E-state index contributed by atoms with van der Waals surface area (Å²) in [6.07, 6.45) is 3.67. The van der Waals surface area contributed by atoms with Crippen LogP contribution in [0, 0.1) is 0 Å². The Morgan fingerprint density at radius 2 is 2.17 bits per heavy atom. The predicted octanol–water partition coefficient (Wildman–Crippen LogP) is 0.722. The van der Waals surface area contributed by atoms with Crippen molar-refractivity contribution in [1.29, 1.82) is 0 Å². The zero-order chi connectivity index (χ0) is 9.40. The van der Waals surface area contributed by atoms with Crippen molar-refractivity contribution >= 4 is 17.7 Å². The van der Waals surface area contributed by atoms with Gasteiger partial charge in [0.25, 0.3) is 0 Å². The number of nitrogens with two attached hydrogens (primary N) is 2. The maximum atomic E-state index is 10.5. The molecule has 72 valence electrons. The topological polar surface area (TPSA) is 69.1 Å². The maximum Gasteiger partial charge on any atom is 0.235 e. The van der Waals surface area contributed by atoms with Crippen LogP contribution in [0.15, 0.2) is 0 Å². The average Bonchev–Trinajstić information content (AvgIpc) is 2.03. The fraction of sp³-hybridized carbons (Fsp3) is 0.875. The molecule has 1 atom stereocenters. The van der Waals surface area contributed by atoms with Crippen LogP contribution in [0.5, 0.6) is 0 Å². The van der Waals surface area contributed by atoms with Crippen molar-refractivity contribution in [1.82, 2.24) is 0 Å². The van der Waals surface area contributed by atoms with E-state index in [2.05, 4.69) is 6.92 Å². The highest BCUT2D eigenvalue weighted by Crippen LogP contribution is 2.06. The molecular formula is C8H18N2OS. The molecule has 1 amide bonds. The molecule has 0 aromatic carbocycles. The largest absolute Gasteiger partial charge is 0.368 e. The molecule has 0 spiro atoms. The lowest BCUT2D eigenvalue weighted by atomic mass is 10.3. The molecule has 4 N–H and O–H groups in total. The van der Waals surface area contributed by atoms with Gasteiger partial charge in [-0.3, -0.25) is 4.79 Å². The third-order valence-electron chi connectivity index (χ3n) is 1.56. The quantitative estimate of drug-likeness (QED) is 0.581. The second-order valence-electron chi connectivity index (χ2n) is 2.79. The van der Waals surface area contributed by atoms with E-state index in [1.54, 1.807) is 11.8 Å². The van der Waals surface area contributed by atoms with Crippen LogP contribution in [0.3, 0.4) is 0 Å². The van der Waals surface area contributed by atoms with Crippen LogP contribution in [-0.2, 0) is 4.79 Å². The first-order valence-electron chi connectivity index (χ1n) is 4.31. The van der Waals surface area contributed by atoms with Crippen molar-refractivity contribution in [3.05, 3.63) is 0 Å². The summed E-state index contributed by atoms with van der Waals surface area (Å²) in [5.41, 5.74) is 10.4. The molecule has 0 saturated heterocycles. The molecule has 0 saturated carbocycles. The number of unbranched alkanes of at least 4 members (excludes halogenated alkanes) is 2. The highest BCUT2D eigenvalue weighted by atomic mass is 32.2. The summed E-state index contributed by atoms with van der Waals surface area (Å²) < 4.78 is 0. The number of carbonyl (C=O) groups is 1. The Morgan fingerprint density at radius 3 is 2.67 bits per heavy atom. The van der Waals surface area contributed by atoms with Gasteiger partial charge in [-0.2, -0.15) is 11.8 Å². The number of amides is 1.